The molecule has 5 nitrogen and oxygen atoms in total. The van der Waals surface area contributed by atoms with Gasteiger partial charge in [0.1, 0.15) is 0 Å². The topological polar surface area (TPSA) is 75.6 Å². The van der Waals surface area contributed by atoms with Crippen LogP contribution in [-0.2, 0) is 19.9 Å². The third-order valence-electron chi connectivity index (χ3n) is 4.87. The predicted molar refractivity (Wildman–Crippen MR) is 129 cm³/mol. The van der Waals surface area contributed by atoms with Crippen LogP contribution >= 0.6 is 0 Å². The van der Waals surface area contributed by atoms with Crippen LogP contribution in [0.4, 0.5) is 0 Å². The van der Waals surface area contributed by atoms with Crippen molar-refractivity contribution in [3.05, 3.63) is 71.8 Å². The van der Waals surface area contributed by atoms with E-state index < -0.39 is 19.9 Å². The van der Waals surface area contributed by atoms with Crippen LogP contribution in [0, 0.1) is 13.8 Å². The molecule has 2 aromatic carbocycles. The molecule has 1 unspecified atom stereocenters. The molecule has 0 aliphatic rings. The molecule has 7 heteroatoms. The average molecular weight is 463 g/mol. The first kappa shape index (κ1) is 25.3. The van der Waals surface area contributed by atoms with Crippen LogP contribution in [0.2, 0.25) is 0 Å². The number of sulfonamides is 1. The van der Waals surface area contributed by atoms with Crippen LogP contribution < -0.4 is 4.72 Å². The molecule has 0 heterocycles. The van der Waals surface area contributed by atoms with E-state index in [1.807, 2.05) is 39.0 Å². The van der Waals surface area contributed by atoms with Crippen LogP contribution in [0.1, 0.15) is 57.1 Å². The molecule has 0 aliphatic heterocycles. The van der Waals surface area contributed by atoms with Gasteiger partial charge in [0.15, 0.2) is 9.92 Å². The van der Waals surface area contributed by atoms with Gasteiger partial charge in [-0.1, -0.05) is 84.4 Å². The Morgan fingerprint density at radius 1 is 0.871 bits per heavy atom. The Bertz CT molecular complexity index is 1080. The van der Waals surface area contributed by atoms with E-state index in [4.69, 9.17) is 0 Å². The molecule has 1 N–H and O–H groups in total. The summed E-state index contributed by atoms with van der Waals surface area (Å²) in [5.41, 5.74) is 1.94. The minimum Gasteiger partial charge on any atom is -0.228 e. The maximum Gasteiger partial charge on any atom is 0.291 e. The van der Waals surface area contributed by atoms with Crippen LogP contribution in [0.15, 0.2) is 74.2 Å². The molecule has 0 amide bonds. The number of nitrogens with zero attached hydrogens (tertiary/aromatic N) is 1. The maximum absolute atomic E-state index is 14.0. The lowest BCUT2D eigenvalue weighted by Gasteiger charge is -2.19. The second-order valence-electron chi connectivity index (χ2n) is 7.78. The standard InChI is InChI=1S/C24H34N2O3S2/c1-5-7-8-9-11-22(10-6-2)25-30(27,23-16-12-20(3)13-17-23)26-31(28,29)24-18-14-21(4)15-19-24/h9,11-19,22H,5-8,10H2,1-4H3,(H,25,26,27)/b11-9+/t22-,30?/m1/s1. The predicted octanol–water partition coefficient (Wildman–Crippen LogP) is 5.94. The molecule has 31 heavy (non-hydrogen) atoms. The zero-order valence-electron chi connectivity index (χ0n) is 18.9. The minimum atomic E-state index is -4.12. The summed E-state index contributed by atoms with van der Waals surface area (Å²) in [4.78, 5) is 0.391. The van der Waals surface area contributed by atoms with E-state index in [2.05, 4.69) is 21.5 Å². The van der Waals surface area contributed by atoms with Gasteiger partial charge in [-0.15, -0.1) is 0 Å². The van der Waals surface area contributed by atoms with E-state index in [-0.39, 0.29) is 10.9 Å². The first-order chi connectivity index (χ1) is 14.7. The molecule has 0 saturated carbocycles. The van der Waals surface area contributed by atoms with Gasteiger partial charge in [0.2, 0.25) is 0 Å². The molecule has 2 rings (SSSR count). The summed E-state index contributed by atoms with van der Waals surface area (Å²) in [6.07, 6.45) is 8.76. The van der Waals surface area contributed by atoms with E-state index in [1.165, 1.54) is 12.1 Å². The highest BCUT2D eigenvalue weighted by Crippen LogP contribution is 2.21. The van der Waals surface area contributed by atoms with Crippen molar-refractivity contribution in [3.63, 3.8) is 0 Å². The Hall–Kier alpha value is -1.96. The lowest BCUT2D eigenvalue weighted by atomic mass is 10.1. The normalized spacial score (nSPS) is 15.0. The molecule has 0 saturated heterocycles. The van der Waals surface area contributed by atoms with Gasteiger partial charge in [0, 0.05) is 6.04 Å². The fourth-order valence-electron chi connectivity index (χ4n) is 3.04. The van der Waals surface area contributed by atoms with Gasteiger partial charge in [0.05, 0.1) is 9.79 Å². The molecule has 0 radical (unpaired) electrons. The highest BCUT2D eigenvalue weighted by atomic mass is 32.3. The molecule has 0 aliphatic carbocycles. The summed E-state index contributed by atoms with van der Waals surface area (Å²) < 4.78 is 47.1. The van der Waals surface area contributed by atoms with Crippen molar-refractivity contribution in [1.29, 1.82) is 0 Å². The average Bonchev–Trinajstić information content (AvgIpc) is 2.71. The fraction of sp³-hybridized carbons (Fsp3) is 0.417. The number of nitrogens with one attached hydrogen (secondary N) is 1. The minimum absolute atomic E-state index is 0.0327. The molecule has 2 aromatic rings. The number of unbranched alkanes of at least 4 members (excludes halogenated alkanes) is 2. The summed E-state index contributed by atoms with van der Waals surface area (Å²) in [5.74, 6) is 0. The van der Waals surface area contributed by atoms with E-state index >= 15 is 0 Å². The van der Waals surface area contributed by atoms with Crippen LogP contribution in [0.5, 0.6) is 0 Å². The van der Waals surface area contributed by atoms with E-state index in [9.17, 15) is 12.6 Å². The van der Waals surface area contributed by atoms with Gasteiger partial charge in [0.25, 0.3) is 10.0 Å². The lowest BCUT2D eigenvalue weighted by molar-refractivity contribution is 0.596. The Kier molecular flexibility index (Phi) is 9.47. The summed E-state index contributed by atoms with van der Waals surface area (Å²) in [5, 5.41) is 0. The Balaban J connectivity index is 2.53. The van der Waals surface area contributed by atoms with Crippen molar-refractivity contribution in [2.45, 2.75) is 75.6 Å². The summed E-state index contributed by atoms with van der Waals surface area (Å²) in [7, 11) is -7.55. The highest BCUT2D eigenvalue weighted by Gasteiger charge is 2.23. The number of hydrogen-bond donors (Lipinski definition) is 1. The van der Waals surface area contributed by atoms with Gasteiger partial charge in [-0.25, -0.2) is 8.93 Å². The van der Waals surface area contributed by atoms with Gasteiger partial charge >= 0.3 is 0 Å². The van der Waals surface area contributed by atoms with E-state index in [0.29, 0.717) is 4.90 Å². The Labute approximate surface area is 188 Å². The summed E-state index contributed by atoms with van der Waals surface area (Å²) >= 11 is 0. The number of benzene rings is 2. The Morgan fingerprint density at radius 3 is 1.94 bits per heavy atom. The number of aryl methyl sites for hydroxylation is 2. The van der Waals surface area contributed by atoms with Crippen molar-refractivity contribution in [3.8, 4) is 0 Å². The van der Waals surface area contributed by atoms with Crippen molar-refractivity contribution < 1.29 is 12.6 Å². The molecule has 0 aromatic heterocycles. The largest absolute Gasteiger partial charge is 0.291 e. The second kappa shape index (κ2) is 11.6. The van der Waals surface area contributed by atoms with Crippen molar-refractivity contribution in [1.82, 2.24) is 4.72 Å². The smallest absolute Gasteiger partial charge is 0.228 e. The van der Waals surface area contributed by atoms with Crippen molar-refractivity contribution >= 4 is 19.9 Å². The molecule has 2 atom stereocenters. The first-order valence-electron chi connectivity index (χ1n) is 10.8. The number of allylic oxidation sites excluding steroid dienone is 1. The zero-order chi connectivity index (χ0) is 22.9. The molecule has 0 bridgehead atoms. The van der Waals surface area contributed by atoms with Gasteiger partial charge in [-0.2, -0.15) is 8.42 Å². The Morgan fingerprint density at radius 2 is 1.42 bits per heavy atom. The lowest BCUT2D eigenvalue weighted by Crippen LogP contribution is -2.34. The first-order valence-corrected chi connectivity index (χ1v) is 13.8. The monoisotopic (exact) mass is 462 g/mol. The van der Waals surface area contributed by atoms with Crippen molar-refractivity contribution in [2.24, 2.45) is 3.77 Å². The molecule has 0 spiro atoms. The fourth-order valence-corrected chi connectivity index (χ4v) is 6.73. The van der Waals surface area contributed by atoms with Gasteiger partial charge < -0.3 is 0 Å². The third-order valence-corrected chi connectivity index (χ3v) is 8.89. The van der Waals surface area contributed by atoms with Gasteiger partial charge in [-0.05, 0) is 51.0 Å². The SMILES string of the molecule is CCCC/C=C/[C@@H](CCC)NS(=O)(=NS(=O)(=O)c1ccc(C)cc1)c1ccc(C)cc1. The van der Waals surface area contributed by atoms with Crippen LogP contribution in [0.3, 0.4) is 0 Å². The second-order valence-corrected chi connectivity index (χ2v) is 11.6. The van der Waals surface area contributed by atoms with Crippen molar-refractivity contribution in [2.75, 3.05) is 0 Å². The van der Waals surface area contributed by atoms with E-state index in [0.717, 1.165) is 43.2 Å². The summed E-state index contributed by atoms with van der Waals surface area (Å²) in [6.45, 7) is 7.98. The molecular weight excluding hydrogens is 428 g/mol. The number of hydrogen-bond acceptors (Lipinski definition) is 3. The quantitative estimate of drug-likeness (QED) is 0.332. The van der Waals surface area contributed by atoms with Crippen LogP contribution in [-0.4, -0.2) is 18.7 Å². The maximum atomic E-state index is 14.0. The van der Waals surface area contributed by atoms with Gasteiger partial charge in [-0.3, -0.25) is 0 Å². The number of rotatable bonds is 11. The third kappa shape index (κ3) is 7.59. The molecule has 0 fully saturated rings. The highest BCUT2D eigenvalue weighted by molar-refractivity contribution is 8.02. The molecule has 170 valence electrons. The van der Waals surface area contributed by atoms with E-state index in [1.54, 1.807) is 24.3 Å². The van der Waals surface area contributed by atoms with Crippen LogP contribution in [0.25, 0.3) is 0 Å². The summed E-state index contributed by atoms with van der Waals surface area (Å²) in [6, 6.07) is 13.2. The molecular formula is C24H34N2O3S2. The zero-order valence-corrected chi connectivity index (χ0v) is 20.5.